The van der Waals surface area contributed by atoms with Gasteiger partial charge in [0.25, 0.3) is 0 Å². The molecule has 96 valence electrons. The summed E-state index contributed by atoms with van der Waals surface area (Å²) in [7, 11) is 0. The van der Waals surface area contributed by atoms with Crippen molar-refractivity contribution in [1.29, 1.82) is 0 Å². The third-order valence-electron chi connectivity index (χ3n) is 2.78. The van der Waals surface area contributed by atoms with Crippen LogP contribution in [-0.2, 0) is 18.8 Å². The van der Waals surface area contributed by atoms with Gasteiger partial charge in [-0.25, -0.2) is 4.68 Å². The zero-order valence-corrected chi connectivity index (χ0v) is 13.1. The van der Waals surface area contributed by atoms with Crippen LogP contribution in [0.1, 0.15) is 23.7 Å². The number of hydrogen-bond donors (Lipinski definition) is 0. The summed E-state index contributed by atoms with van der Waals surface area (Å²) in [6.07, 6.45) is 0.842. The molecule has 0 aliphatic carbocycles. The second-order valence-electron chi connectivity index (χ2n) is 3.99. The first-order valence-corrected chi connectivity index (χ1v) is 7.40. The molecule has 2 nitrogen and oxygen atoms in total. The van der Waals surface area contributed by atoms with Gasteiger partial charge < -0.3 is 0 Å². The number of aryl methyl sites for hydroxylation is 1. The molecule has 0 unspecified atom stereocenters. The molecule has 0 fully saturated rings. The monoisotopic (exact) mass is 346 g/mol. The second kappa shape index (κ2) is 6.09. The normalized spacial score (nSPS) is 10.9. The molecular weight excluding hydrogens is 335 g/mol. The van der Waals surface area contributed by atoms with Gasteiger partial charge in [-0.2, -0.15) is 5.10 Å². The summed E-state index contributed by atoms with van der Waals surface area (Å²) in [5.41, 5.74) is 3.08. The summed E-state index contributed by atoms with van der Waals surface area (Å²) in [5, 5.41) is 5.15. The van der Waals surface area contributed by atoms with Gasteiger partial charge >= 0.3 is 0 Å². The van der Waals surface area contributed by atoms with E-state index < -0.39 is 0 Å². The zero-order valence-electron chi connectivity index (χ0n) is 9.96. The van der Waals surface area contributed by atoms with Gasteiger partial charge in [-0.05, 0) is 24.1 Å². The van der Waals surface area contributed by atoms with Crippen molar-refractivity contribution in [2.75, 3.05) is 0 Å². The molecule has 2 rings (SSSR count). The van der Waals surface area contributed by atoms with Crippen LogP contribution in [0.2, 0.25) is 5.15 Å². The van der Waals surface area contributed by atoms with E-state index in [1.165, 1.54) is 0 Å². The first kappa shape index (κ1) is 13.9. The van der Waals surface area contributed by atoms with Crippen molar-refractivity contribution in [3.63, 3.8) is 0 Å². The summed E-state index contributed by atoms with van der Waals surface area (Å²) in [4.78, 5) is 0. The lowest BCUT2D eigenvalue weighted by atomic mass is 10.2. The molecule has 2 aromatic rings. The lowest BCUT2D eigenvalue weighted by Crippen LogP contribution is -2.02. The number of hydrogen-bond acceptors (Lipinski definition) is 1. The molecule has 0 aliphatic rings. The van der Waals surface area contributed by atoms with Crippen molar-refractivity contribution in [2.24, 2.45) is 0 Å². The third-order valence-corrected chi connectivity index (χ3v) is 4.00. The number of alkyl halides is 1. The number of halogens is 3. The standard InChI is InChI=1S/C13H13BrCl2N2/c1-2-12-11(7-15)13(16)18(17-12)8-9-3-5-10(14)6-4-9/h3-6H,2,7-8H2,1H3. The predicted molar refractivity (Wildman–Crippen MR) is 79.4 cm³/mol. The number of rotatable bonds is 4. The topological polar surface area (TPSA) is 17.8 Å². The van der Waals surface area contributed by atoms with Gasteiger partial charge in [-0.15, -0.1) is 11.6 Å². The van der Waals surface area contributed by atoms with Crippen molar-refractivity contribution in [3.05, 3.63) is 50.7 Å². The molecule has 0 spiro atoms. The molecule has 0 aliphatic heterocycles. The van der Waals surface area contributed by atoms with Gasteiger partial charge in [-0.1, -0.05) is 46.6 Å². The molecule has 0 radical (unpaired) electrons. The second-order valence-corrected chi connectivity index (χ2v) is 5.53. The Hall–Kier alpha value is -0.510. The van der Waals surface area contributed by atoms with Crippen LogP contribution < -0.4 is 0 Å². The van der Waals surface area contributed by atoms with Crippen LogP contribution in [0, 0.1) is 0 Å². The highest BCUT2D eigenvalue weighted by Crippen LogP contribution is 2.23. The molecule has 0 saturated carbocycles. The Morgan fingerprint density at radius 1 is 1.28 bits per heavy atom. The Kier molecular flexibility index (Phi) is 4.71. The molecule has 0 bridgehead atoms. The predicted octanol–water partition coefficient (Wildman–Crippen LogP) is 4.65. The van der Waals surface area contributed by atoms with E-state index in [-0.39, 0.29) is 0 Å². The van der Waals surface area contributed by atoms with E-state index in [1.807, 2.05) is 24.3 Å². The summed E-state index contributed by atoms with van der Waals surface area (Å²) >= 11 is 15.6. The first-order chi connectivity index (χ1) is 8.65. The maximum atomic E-state index is 6.30. The van der Waals surface area contributed by atoms with Crippen molar-refractivity contribution in [1.82, 2.24) is 9.78 Å². The number of nitrogens with zero attached hydrogens (tertiary/aromatic N) is 2. The van der Waals surface area contributed by atoms with Gasteiger partial charge in [0.1, 0.15) is 5.15 Å². The van der Waals surface area contributed by atoms with E-state index in [4.69, 9.17) is 23.2 Å². The molecule has 0 atom stereocenters. The molecule has 1 aromatic heterocycles. The molecule has 0 amide bonds. The minimum absolute atomic E-state index is 0.405. The van der Waals surface area contributed by atoms with Crippen molar-refractivity contribution in [2.45, 2.75) is 25.8 Å². The quantitative estimate of drug-likeness (QED) is 0.736. The molecule has 18 heavy (non-hydrogen) atoms. The number of benzene rings is 1. The lowest BCUT2D eigenvalue weighted by molar-refractivity contribution is 0.674. The van der Waals surface area contributed by atoms with Gasteiger partial charge in [0.2, 0.25) is 0 Å². The average molecular weight is 348 g/mol. The van der Waals surface area contributed by atoms with E-state index in [2.05, 4.69) is 28.0 Å². The fraction of sp³-hybridized carbons (Fsp3) is 0.308. The Labute approximate surface area is 125 Å². The average Bonchev–Trinajstić information content (AvgIpc) is 2.68. The maximum Gasteiger partial charge on any atom is 0.132 e. The van der Waals surface area contributed by atoms with Crippen molar-refractivity contribution < 1.29 is 0 Å². The van der Waals surface area contributed by atoms with Crippen molar-refractivity contribution >= 4 is 39.1 Å². The Bertz CT molecular complexity index is 535. The summed E-state index contributed by atoms with van der Waals surface area (Å²) in [5.74, 6) is 0.405. The van der Waals surface area contributed by atoms with E-state index in [9.17, 15) is 0 Å². The Morgan fingerprint density at radius 3 is 2.44 bits per heavy atom. The van der Waals surface area contributed by atoms with Crippen LogP contribution in [0.3, 0.4) is 0 Å². The van der Waals surface area contributed by atoms with Gasteiger partial charge in [0.15, 0.2) is 0 Å². The summed E-state index contributed by atoms with van der Waals surface area (Å²) < 4.78 is 2.87. The zero-order chi connectivity index (χ0) is 13.1. The molecular formula is C13H13BrCl2N2. The Balaban J connectivity index is 2.29. The fourth-order valence-corrected chi connectivity index (χ4v) is 2.70. The highest BCUT2D eigenvalue weighted by atomic mass is 79.9. The van der Waals surface area contributed by atoms with Crippen LogP contribution in [0.25, 0.3) is 0 Å². The fourth-order valence-electron chi connectivity index (χ4n) is 1.81. The van der Waals surface area contributed by atoms with Gasteiger partial charge in [0.05, 0.1) is 18.1 Å². The van der Waals surface area contributed by atoms with Crippen LogP contribution >= 0.6 is 39.1 Å². The van der Waals surface area contributed by atoms with Gasteiger partial charge in [0, 0.05) is 10.0 Å². The molecule has 0 saturated heterocycles. The molecule has 5 heteroatoms. The number of aromatic nitrogens is 2. The smallest absolute Gasteiger partial charge is 0.132 e. The maximum absolute atomic E-state index is 6.30. The molecule has 1 aromatic carbocycles. The van der Waals surface area contributed by atoms with E-state index in [0.717, 1.165) is 27.7 Å². The van der Waals surface area contributed by atoms with E-state index in [1.54, 1.807) is 4.68 Å². The van der Waals surface area contributed by atoms with Crippen LogP contribution in [0.4, 0.5) is 0 Å². The Morgan fingerprint density at radius 2 is 1.94 bits per heavy atom. The molecule has 0 N–H and O–H groups in total. The van der Waals surface area contributed by atoms with Crippen LogP contribution in [0.15, 0.2) is 28.7 Å². The van der Waals surface area contributed by atoms with Crippen LogP contribution in [0.5, 0.6) is 0 Å². The SMILES string of the molecule is CCc1nn(Cc2ccc(Br)cc2)c(Cl)c1CCl. The third kappa shape index (κ3) is 2.90. The largest absolute Gasteiger partial charge is 0.249 e. The first-order valence-electron chi connectivity index (χ1n) is 5.70. The van der Waals surface area contributed by atoms with Crippen molar-refractivity contribution in [3.8, 4) is 0 Å². The summed E-state index contributed by atoms with van der Waals surface area (Å²) in [6, 6.07) is 8.12. The molecule has 1 heterocycles. The summed E-state index contributed by atoms with van der Waals surface area (Å²) in [6.45, 7) is 2.72. The van der Waals surface area contributed by atoms with E-state index >= 15 is 0 Å². The highest BCUT2D eigenvalue weighted by molar-refractivity contribution is 9.10. The lowest BCUT2D eigenvalue weighted by Gasteiger charge is -2.04. The minimum atomic E-state index is 0.405. The van der Waals surface area contributed by atoms with E-state index in [0.29, 0.717) is 17.6 Å². The minimum Gasteiger partial charge on any atom is -0.249 e. The van der Waals surface area contributed by atoms with Gasteiger partial charge in [-0.3, -0.25) is 0 Å². The van der Waals surface area contributed by atoms with Crippen LogP contribution in [-0.4, -0.2) is 9.78 Å². The highest BCUT2D eigenvalue weighted by Gasteiger charge is 2.14.